The summed E-state index contributed by atoms with van der Waals surface area (Å²) in [6.45, 7) is 5.89. The van der Waals surface area contributed by atoms with Crippen molar-refractivity contribution < 1.29 is 4.79 Å². The number of hydrogen-bond donors (Lipinski definition) is 1. The molecule has 0 spiro atoms. The van der Waals surface area contributed by atoms with Crippen molar-refractivity contribution in [2.45, 2.75) is 32.6 Å². The number of anilines is 2. The number of aromatic nitrogens is 3. The van der Waals surface area contributed by atoms with Gasteiger partial charge in [-0.1, -0.05) is 0 Å². The molecule has 2 aromatic heterocycles. The van der Waals surface area contributed by atoms with Crippen molar-refractivity contribution in [1.29, 1.82) is 0 Å². The molecule has 26 heavy (non-hydrogen) atoms. The van der Waals surface area contributed by atoms with E-state index in [1.165, 1.54) is 0 Å². The number of likely N-dealkylation sites (N-methyl/N-ethyl adjacent to an activating group) is 1. The van der Waals surface area contributed by atoms with Crippen LogP contribution in [0.1, 0.15) is 36.0 Å². The second kappa shape index (κ2) is 8.09. The van der Waals surface area contributed by atoms with Crippen LogP contribution in [-0.2, 0) is 4.79 Å². The molecule has 0 radical (unpaired) electrons. The summed E-state index contributed by atoms with van der Waals surface area (Å²) >= 11 is 1.56. The van der Waals surface area contributed by atoms with Crippen LogP contribution in [0.5, 0.6) is 0 Å². The molecule has 1 saturated heterocycles. The Morgan fingerprint density at radius 1 is 1.31 bits per heavy atom. The molecule has 1 fully saturated rings. The highest BCUT2D eigenvalue weighted by molar-refractivity contribution is 7.13. The first-order valence-corrected chi connectivity index (χ1v) is 9.76. The van der Waals surface area contributed by atoms with Crippen LogP contribution in [0, 0.1) is 13.8 Å². The number of likely N-dealkylation sites (tertiary alicyclic amines) is 1. The molecule has 0 unspecified atom stereocenters. The molecule has 3 rings (SSSR count). The van der Waals surface area contributed by atoms with E-state index in [2.05, 4.69) is 15.3 Å². The molecule has 1 aliphatic heterocycles. The van der Waals surface area contributed by atoms with Gasteiger partial charge < -0.3 is 15.1 Å². The first kappa shape index (κ1) is 18.7. The van der Waals surface area contributed by atoms with E-state index in [9.17, 15) is 4.79 Å². The van der Waals surface area contributed by atoms with Gasteiger partial charge in [-0.05, 0) is 40.8 Å². The maximum atomic E-state index is 12.4. The quantitative estimate of drug-likeness (QED) is 0.867. The van der Waals surface area contributed by atoms with Gasteiger partial charge in [0, 0.05) is 36.1 Å². The number of hydrogen-bond acceptors (Lipinski definition) is 7. The summed E-state index contributed by atoms with van der Waals surface area (Å²) in [6, 6.07) is 1.93. The summed E-state index contributed by atoms with van der Waals surface area (Å²) in [7, 11) is 3.84. The number of piperidine rings is 1. The van der Waals surface area contributed by atoms with E-state index in [1.54, 1.807) is 11.3 Å². The maximum Gasteiger partial charge on any atom is 0.236 e. The lowest BCUT2D eigenvalue weighted by atomic mass is 9.97. The number of amides is 1. The zero-order valence-corrected chi connectivity index (χ0v) is 16.6. The Labute approximate surface area is 158 Å². The SMILES string of the molecule is Cc1cc(Nc2nc(C)cs2)nc([C@@H]2CCCN(C(=O)CN(C)C)C2)n1. The van der Waals surface area contributed by atoms with E-state index in [0.29, 0.717) is 13.1 Å². The van der Waals surface area contributed by atoms with Gasteiger partial charge in [0.15, 0.2) is 5.13 Å². The molecule has 1 amide bonds. The number of carbonyl (C=O) groups is 1. The van der Waals surface area contributed by atoms with Gasteiger partial charge in [-0.3, -0.25) is 4.79 Å². The van der Waals surface area contributed by atoms with E-state index < -0.39 is 0 Å². The van der Waals surface area contributed by atoms with Crippen LogP contribution in [0.3, 0.4) is 0 Å². The van der Waals surface area contributed by atoms with Crippen LogP contribution in [0.4, 0.5) is 10.9 Å². The normalized spacial score (nSPS) is 17.6. The molecule has 140 valence electrons. The fourth-order valence-corrected chi connectivity index (χ4v) is 3.84. The van der Waals surface area contributed by atoms with Gasteiger partial charge >= 0.3 is 0 Å². The topological polar surface area (TPSA) is 74.2 Å². The number of nitrogens with zero attached hydrogens (tertiary/aromatic N) is 5. The summed E-state index contributed by atoms with van der Waals surface area (Å²) in [5, 5.41) is 6.11. The molecule has 0 saturated carbocycles. The summed E-state index contributed by atoms with van der Waals surface area (Å²) in [5.41, 5.74) is 1.91. The minimum Gasteiger partial charge on any atom is -0.341 e. The fraction of sp³-hybridized carbons (Fsp3) is 0.556. The maximum absolute atomic E-state index is 12.4. The second-order valence-electron chi connectivity index (χ2n) is 7.09. The van der Waals surface area contributed by atoms with Crippen molar-refractivity contribution in [3.63, 3.8) is 0 Å². The Morgan fingerprint density at radius 2 is 2.12 bits per heavy atom. The smallest absolute Gasteiger partial charge is 0.236 e. The van der Waals surface area contributed by atoms with Gasteiger partial charge in [0.05, 0.1) is 12.2 Å². The van der Waals surface area contributed by atoms with Gasteiger partial charge in [-0.2, -0.15) is 0 Å². The zero-order chi connectivity index (χ0) is 18.7. The molecule has 1 atom stereocenters. The van der Waals surface area contributed by atoms with Crippen molar-refractivity contribution in [3.8, 4) is 0 Å². The largest absolute Gasteiger partial charge is 0.341 e. The molecule has 1 aliphatic rings. The highest BCUT2D eigenvalue weighted by Gasteiger charge is 2.27. The summed E-state index contributed by atoms with van der Waals surface area (Å²) in [6.07, 6.45) is 1.99. The molecule has 7 nitrogen and oxygen atoms in total. The van der Waals surface area contributed by atoms with Crippen molar-refractivity contribution in [1.82, 2.24) is 24.8 Å². The molecule has 0 aliphatic carbocycles. The minimum absolute atomic E-state index is 0.170. The van der Waals surface area contributed by atoms with E-state index in [0.717, 1.165) is 47.5 Å². The first-order valence-electron chi connectivity index (χ1n) is 8.88. The van der Waals surface area contributed by atoms with Gasteiger partial charge in [0.1, 0.15) is 11.6 Å². The second-order valence-corrected chi connectivity index (χ2v) is 7.95. The van der Waals surface area contributed by atoms with E-state index in [1.807, 2.05) is 49.2 Å². The molecule has 8 heteroatoms. The van der Waals surface area contributed by atoms with Crippen molar-refractivity contribution in [3.05, 3.63) is 28.7 Å². The van der Waals surface area contributed by atoms with Gasteiger partial charge in [0.25, 0.3) is 0 Å². The summed E-state index contributed by atoms with van der Waals surface area (Å²) < 4.78 is 0. The molecular weight excluding hydrogens is 348 g/mol. The zero-order valence-electron chi connectivity index (χ0n) is 15.8. The fourth-order valence-electron chi connectivity index (χ4n) is 3.14. The average Bonchev–Trinajstić information content (AvgIpc) is 2.98. The minimum atomic E-state index is 0.170. The van der Waals surface area contributed by atoms with Crippen molar-refractivity contribution in [2.75, 3.05) is 39.0 Å². The van der Waals surface area contributed by atoms with Gasteiger partial charge in [-0.25, -0.2) is 15.0 Å². The number of rotatable bonds is 5. The third-order valence-corrected chi connectivity index (χ3v) is 5.19. The van der Waals surface area contributed by atoms with Gasteiger partial charge in [0.2, 0.25) is 5.91 Å². The molecule has 2 aromatic rings. The summed E-state index contributed by atoms with van der Waals surface area (Å²) in [4.78, 5) is 30.0. The van der Waals surface area contributed by atoms with Crippen LogP contribution in [-0.4, -0.2) is 64.4 Å². The van der Waals surface area contributed by atoms with Crippen LogP contribution in [0.15, 0.2) is 11.4 Å². The standard InChI is InChI=1S/C18H26N6OS/c1-12-8-15(22-18-20-13(2)11-26-18)21-17(19-12)14-6-5-7-24(9-14)16(25)10-23(3)4/h8,11,14H,5-7,9-10H2,1-4H3,(H,19,20,21,22)/t14-/m1/s1. The Balaban J connectivity index is 1.74. The van der Waals surface area contributed by atoms with E-state index in [4.69, 9.17) is 4.98 Å². The number of carbonyl (C=O) groups excluding carboxylic acids is 1. The lowest BCUT2D eigenvalue weighted by Gasteiger charge is -2.33. The predicted octanol–water partition coefficient (Wildman–Crippen LogP) is 2.56. The van der Waals surface area contributed by atoms with Crippen LogP contribution in [0.2, 0.25) is 0 Å². The number of nitrogens with one attached hydrogen (secondary N) is 1. The Kier molecular flexibility index (Phi) is 5.83. The summed E-state index contributed by atoms with van der Waals surface area (Å²) in [5.74, 6) is 1.92. The Bertz CT molecular complexity index is 775. The average molecular weight is 375 g/mol. The molecule has 0 bridgehead atoms. The molecule has 0 aromatic carbocycles. The third-order valence-electron chi connectivity index (χ3n) is 4.32. The molecular formula is C18H26N6OS. The Morgan fingerprint density at radius 3 is 2.81 bits per heavy atom. The van der Waals surface area contributed by atoms with E-state index >= 15 is 0 Å². The van der Waals surface area contributed by atoms with Crippen molar-refractivity contribution in [2.24, 2.45) is 0 Å². The van der Waals surface area contributed by atoms with Crippen molar-refractivity contribution >= 4 is 28.2 Å². The lowest BCUT2D eigenvalue weighted by Crippen LogP contribution is -2.43. The Hall–Kier alpha value is -2.06. The molecule has 1 N–H and O–H groups in total. The molecule has 3 heterocycles. The highest BCUT2D eigenvalue weighted by Crippen LogP contribution is 2.27. The highest BCUT2D eigenvalue weighted by atomic mass is 32.1. The number of thiazole rings is 1. The van der Waals surface area contributed by atoms with Crippen LogP contribution < -0.4 is 5.32 Å². The monoisotopic (exact) mass is 374 g/mol. The third kappa shape index (κ3) is 4.76. The first-order chi connectivity index (χ1) is 12.4. The predicted molar refractivity (Wildman–Crippen MR) is 104 cm³/mol. The van der Waals surface area contributed by atoms with E-state index in [-0.39, 0.29) is 11.8 Å². The number of aryl methyl sites for hydroxylation is 2. The van der Waals surface area contributed by atoms with Gasteiger partial charge in [-0.15, -0.1) is 11.3 Å². The van der Waals surface area contributed by atoms with Crippen LogP contribution >= 0.6 is 11.3 Å². The van der Waals surface area contributed by atoms with Crippen LogP contribution in [0.25, 0.3) is 0 Å². The lowest BCUT2D eigenvalue weighted by molar-refractivity contribution is -0.133.